The Morgan fingerprint density at radius 2 is 1.77 bits per heavy atom. The van der Waals surface area contributed by atoms with E-state index in [9.17, 15) is 4.79 Å². The highest BCUT2D eigenvalue weighted by atomic mass is 16.5. The van der Waals surface area contributed by atoms with Crippen LogP contribution in [0.3, 0.4) is 0 Å². The third-order valence-corrected chi connectivity index (χ3v) is 5.20. The van der Waals surface area contributed by atoms with Crippen LogP contribution in [0.2, 0.25) is 0 Å². The Kier molecular flexibility index (Phi) is 5.89. The van der Waals surface area contributed by atoms with Crippen molar-refractivity contribution >= 4 is 5.91 Å². The van der Waals surface area contributed by atoms with Gasteiger partial charge in [0.1, 0.15) is 11.4 Å². The fourth-order valence-electron chi connectivity index (χ4n) is 3.45. The summed E-state index contributed by atoms with van der Waals surface area (Å²) >= 11 is 0. The molecular formula is C25H26N4O2. The van der Waals surface area contributed by atoms with Crippen LogP contribution in [0.15, 0.2) is 79.3 Å². The van der Waals surface area contributed by atoms with Crippen LogP contribution in [-0.2, 0) is 6.73 Å². The number of nitrogens with one attached hydrogen (secondary N) is 1. The quantitative estimate of drug-likeness (QED) is 0.472. The van der Waals surface area contributed by atoms with E-state index in [0.717, 1.165) is 22.6 Å². The van der Waals surface area contributed by atoms with E-state index >= 15 is 0 Å². The molecule has 0 aliphatic heterocycles. The molecule has 0 radical (unpaired) electrons. The molecule has 0 aliphatic carbocycles. The van der Waals surface area contributed by atoms with Gasteiger partial charge in [0, 0.05) is 24.3 Å². The Bertz CT molecular complexity index is 1160. The first kappa shape index (κ1) is 20.5. The summed E-state index contributed by atoms with van der Waals surface area (Å²) in [5.74, 6) is 0.594. The molecule has 0 saturated carbocycles. The lowest BCUT2D eigenvalue weighted by Gasteiger charge is -2.14. The molecule has 4 rings (SSSR count). The molecule has 6 heteroatoms. The first-order valence-electron chi connectivity index (χ1n) is 10.3. The zero-order chi connectivity index (χ0) is 21.8. The molecule has 1 atom stereocenters. The van der Waals surface area contributed by atoms with Crippen LogP contribution < -0.4 is 10.1 Å². The Balaban J connectivity index is 1.35. The van der Waals surface area contributed by atoms with Crippen LogP contribution in [0.25, 0.3) is 5.69 Å². The van der Waals surface area contributed by atoms with Crippen molar-refractivity contribution in [2.24, 2.45) is 0 Å². The highest BCUT2D eigenvalue weighted by molar-refractivity contribution is 5.92. The molecule has 0 spiro atoms. The molecule has 2 heterocycles. The number of ether oxygens (including phenoxy) is 1. The van der Waals surface area contributed by atoms with Gasteiger partial charge in [0.15, 0.2) is 6.73 Å². The van der Waals surface area contributed by atoms with E-state index in [-0.39, 0.29) is 18.7 Å². The molecule has 1 N–H and O–H groups in total. The average molecular weight is 415 g/mol. The molecule has 31 heavy (non-hydrogen) atoms. The van der Waals surface area contributed by atoms with Crippen molar-refractivity contribution in [2.75, 3.05) is 0 Å². The van der Waals surface area contributed by atoms with Crippen molar-refractivity contribution in [2.45, 2.75) is 33.5 Å². The summed E-state index contributed by atoms with van der Waals surface area (Å²) in [6, 6.07) is 19.7. The highest BCUT2D eigenvalue weighted by Gasteiger charge is 2.14. The number of hydrogen-bond acceptors (Lipinski definition) is 3. The van der Waals surface area contributed by atoms with Crippen LogP contribution in [0.5, 0.6) is 5.75 Å². The Morgan fingerprint density at radius 3 is 2.48 bits per heavy atom. The van der Waals surface area contributed by atoms with Crippen molar-refractivity contribution in [3.05, 3.63) is 102 Å². The number of amides is 1. The first-order valence-corrected chi connectivity index (χ1v) is 10.3. The lowest BCUT2D eigenvalue weighted by Crippen LogP contribution is -2.27. The molecule has 1 amide bonds. The number of aryl methyl sites for hydroxylation is 2. The van der Waals surface area contributed by atoms with Gasteiger partial charge < -0.3 is 14.6 Å². The smallest absolute Gasteiger partial charge is 0.272 e. The molecular weight excluding hydrogens is 388 g/mol. The maximum Gasteiger partial charge on any atom is 0.272 e. The number of hydrogen-bond donors (Lipinski definition) is 1. The summed E-state index contributed by atoms with van der Waals surface area (Å²) in [5.41, 5.74) is 4.73. The van der Waals surface area contributed by atoms with Crippen molar-refractivity contribution in [3.8, 4) is 11.4 Å². The first-order chi connectivity index (χ1) is 15.0. The molecule has 1 unspecified atom stereocenters. The zero-order valence-corrected chi connectivity index (χ0v) is 17.9. The van der Waals surface area contributed by atoms with Gasteiger partial charge in [0.25, 0.3) is 5.91 Å². The number of nitrogens with zero attached hydrogens (tertiary/aromatic N) is 3. The van der Waals surface area contributed by atoms with Gasteiger partial charge in [0.2, 0.25) is 0 Å². The van der Waals surface area contributed by atoms with Crippen molar-refractivity contribution in [1.82, 2.24) is 19.7 Å². The normalized spacial score (nSPS) is 11.8. The average Bonchev–Trinajstić information content (AvgIpc) is 3.46. The van der Waals surface area contributed by atoms with Gasteiger partial charge in [-0.2, -0.15) is 5.10 Å². The minimum Gasteiger partial charge on any atom is -0.471 e. The standard InChI is InChI=1S/C25H26N4O2/c1-18-6-11-24(19(2)16-18)31-17-29-15-12-23(27-29)25(30)26-20(3)21-7-9-22(10-8-21)28-13-4-5-14-28/h4-16,20H,17H2,1-3H3,(H,26,30). The summed E-state index contributed by atoms with van der Waals surface area (Å²) < 4.78 is 9.49. The van der Waals surface area contributed by atoms with Gasteiger partial charge in [-0.15, -0.1) is 0 Å². The minimum absolute atomic E-state index is 0.136. The van der Waals surface area contributed by atoms with E-state index in [2.05, 4.69) is 16.5 Å². The van der Waals surface area contributed by atoms with Crippen LogP contribution in [0, 0.1) is 13.8 Å². The summed E-state index contributed by atoms with van der Waals surface area (Å²) in [7, 11) is 0. The summed E-state index contributed by atoms with van der Waals surface area (Å²) in [4.78, 5) is 12.6. The van der Waals surface area contributed by atoms with Gasteiger partial charge in [-0.25, -0.2) is 4.68 Å². The molecule has 158 valence electrons. The van der Waals surface area contributed by atoms with E-state index in [1.54, 1.807) is 16.9 Å². The lowest BCUT2D eigenvalue weighted by atomic mass is 10.1. The van der Waals surface area contributed by atoms with E-state index in [0.29, 0.717) is 5.69 Å². The second kappa shape index (κ2) is 8.92. The highest BCUT2D eigenvalue weighted by Crippen LogP contribution is 2.19. The van der Waals surface area contributed by atoms with Crippen molar-refractivity contribution in [1.29, 1.82) is 0 Å². The van der Waals surface area contributed by atoms with E-state index < -0.39 is 0 Å². The SMILES string of the molecule is Cc1ccc(OCn2ccc(C(=O)NC(C)c3ccc(-n4cccc4)cc3)n2)c(C)c1. The maximum absolute atomic E-state index is 12.6. The molecule has 0 aliphatic rings. The fraction of sp³-hybridized carbons (Fsp3) is 0.200. The molecule has 0 bridgehead atoms. The van der Waals surface area contributed by atoms with Gasteiger partial charge in [-0.3, -0.25) is 4.79 Å². The summed E-state index contributed by atoms with van der Waals surface area (Å²) in [5, 5.41) is 7.35. The van der Waals surface area contributed by atoms with Gasteiger partial charge >= 0.3 is 0 Å². The largest absolute Gasteiger partial charge is 0.471 e. The third-order valence-electron chi connectivity index (χ3n) is 5.20. The Morgan fingerprint density at radius 1 is 1.03 bits per heavy atom. The van der Waals surface area contributed by atoms with Crippen LogP contribution >= 0.6 is 0 Å². The summed E-state index contributed by atoms with van der Waals surface area (Å²) in [6.45, 7) is 6.26. The van der Waals surface area contributed by atoms with Crippen LogP contribution in [0.4, 0.5) is 0 Å². The molecule has 0 saturated heterocycles. The number of aromatic nitrogens is 3. The zero-order valence-electron chi connectivity index (χ0n) is 17.9. The number of benzene rings is 2. The predicted molar refractivity (Wildman–Crippen MR) is 120 cm³/mol. The molecule has 6 nitrogen and oxygen atoms in total. The maximum atomic E-state index is 12.6. The van der Waals surface area contributed by atoms with Crippen molar-refractivity contribution < 1.29 is 9.53 Å². The van der Waals surface area contributed by atoms with Crippen LogP contribution in [-0.4, -0.2) is 20.3 Å². The van der Waals surface area contributed by atoms with Crippen molar-refractivity contribution in [3.63, 3.8) is 0 Å². The van der Waals surface area contributed by atoms with Crippen LogP contribution in [0.1, 0.15) is 40.1 Å². The Hall–Kier alpha value is -3.80. The van der Waals surface area contributed by atoms with Gasteiger partial charge in [0.05, 0.1) is 6.04 Å². The number of carbonyl (C=O) groups excluding carboxylic acids is 1. The number of rotatable bonds is 7. The lowest BCUT2D eigenvalue weighted by molar-refractivity contribution is 0.0932. The second-order valence-electron chi connectivity index (χ2n) is 7.66. The molecule has 0 fully saturated rings. The summed E-state index contributed by atoms with van der Waals surface area (Å²) in [6.07, 6.45) is 5.75. The van der Waals surface area contributed by atoms with Gasteiger partial charge in [-0.1, -0.05) is 29.8 Å². The van der Waals surface area contributed by atoms with E-state index in [4.69, 9.17) is 4.74 Å². The molecule has 2 aromatic heterocycles. The second-order valence-corrected chi connectivity index (χ2v) is 7.66. The fourth-order valence-corrected chi connectivity index (χ4v) is 3.45. The molecule has 2 aromatic carbocycles. The topological polar surface area (TPSA) is 61.1 Å². The van der Waals surface area contributed by atoms with E-state index in [1.165, 1.54) is 5.56 Å². The predicted octanol–water partition coefficient (Wildman–Crippen LogP) is 4.82. The monoisotopic (exact) mass is 414 g/mol. The third kappa shape index (κ3) is 4.86. The number of carbonyl (C=O) groups is 1. The van der Waals surface area contributed by atoms with E-state index in [1.807, 2.05) is 86.3 Å². The van der Waals surface area contributed by atoms with Gasteiger partial charge in [-0.05, 0) is 68.3 Å². The Labute approximate surface area is 182 Å². The minimum atomic E-state index is -0.216. The molecule has 4 aromatic rings.